The summed E-state index contributed by atoms with van der Waals surface area (Å²) in [7, 11) is 0. The van der Waals surface area contributed by atoms with Gasteiger partial charge in [0, 0.05) is 18.2 Å². The molecule has 26 heavy (non-hydrogen) atoms. The maximum atomic E-state index is 13.0. The lowest BCUT2D eigenvalue weighted by Gasteiger charge is -2.37. The van der Waals surface area contributed by atoms with Crippen molar-refractivity contribution < 1.29 is 19.0 Å². The van der Waals surface area contributed by atoms with E-state index in [9.17, 15) is 4.79 Å². The van der Waals surface area contributed by atoms with Crippen molar-refractivity contribution in [3.63, 3.8) is 0 Å². The molecule has 4 rings (SSSR count). The van der Waals surface area contributed by atoms with E-state index in [0.29, 0.717) is 12.0 Å². The Morgan fingerprint density at radius 3 is 2.85 bits per heavy atom. The van der Waals surface area contributed by atoms with E-state index in [4.69, 9.17) is 14.2 Å². The number of hydrogen-bond donors (Lipinski definition) is 1. The van der Waals surface area contributed by atoms with Crippen LogP contribution in [-0.2, 0) is 19.0 Å². The van der Waals surface area contributed by atoms with E-state index in [0.717, 1.165) is 38.8 Å². The number of nitrogens with one attached hydrogen (secondary N) is 1. The SMILES string of the molecule is O=C(COC1CCC2OCOC2C1)N(CC1CCCS1)C1CCCCN1. The van der Waals surface area contributed by atoms with E-state index < -0.39 is 0 Å². The molecule has 1 aliphatic carbocycles. The van der Waals surface area contributed by atoms with Gasteiger partial charge in [0.15, 0.2) is 0 Å². The van der Waals surface area contributed by atoms with E-state index in [1.165, 1.54) is 31.4 Å². The topological polar surface area (TPSA) is 60.0 Å². The van der Waals surface area contributed by atoms with Crippen LogP contribution in [0.15, 0.2) is 0 Å². The highest BCUT2D eigenvalue weighted by Crippen LogP contribution is 2.31. The zero-order chi connectivity index (χ0) is 17.8. The molecule has 0 aromatic carbocycles. The third-order valence-electron chi connectivity index (χ3n) is 6.09. The van der Waals surface area contributed by atoms with Crippen LogP contribution in [0.3, 0.4) is 0 Å². The molecule has 3 saturated heterocycles. The van der Waals surface area contributed by atoms with Crippen molar-refractivity contribution in [2.75, 3.05) is 32.2 Å². The maximum absolute atomic E-state index is 13.0. The summed E-state index contributed by atoms with van der Waals surface area (Å²) in [4.78, 5) is 15.1. The summed E-state index contributed by atoms with van der Waals surface area (Å²) < 4.78 is 17.2. The Morgan fingerprint density at radius 1 is 1.12 bits per heavy atom. The lowest BCUT2D eigenvalue weighted by Crippen LogP contribution is -2.54. The van der Waals surface area contributed by atoms with Gasteiger partial charge in [0.05, 0.1) is 24.5 Å². The second-order valence-electron chi connectivity index (χ2n) is 7.92. The molecule has 6 nitrogen and oxygen atoms in total. The predicted molar refractivity (Wildman–Crippen MR) is 101 cm³/mol. The summed E-state index contributed by atoms with van der Waals surface area (Å²) in [5, 5.41) is 4.13. The monoisotopic (exact) mass is 384 g/mol. The molecule has 4 fully saturated rings. The van der Waals surface area contributed by atoms with Gasteiger partial charge in [-0.15, -0.1) is 0 Å². The number of carbonyl (C=O) groups is 1. The first kappa shape index (κ1) is 19.0. The molecule has 0 radical (unpaired) electrons. The zero-order valence-electron chi connectivity index (χ0n) is 15.6. The normalized spacial score (nSPS) is 37.5. The first-order valence-corrected chi connectivity index (χ1v) is 11.3. The summed E-state index contributed by atoms with van der Waals surface area (Å²) in [6.45, 7) is 2.46. The van der Waals surface area contributed by atoms with E-state index in [1.54, 1.807) is 0 Å². The van der Waals surface area contributed by atoms with E-state index in [1.807, 2.05) is 11.8 Å². The van der Waals surface area contributed by atoms with E-state index in [-0.39, 0.29) is 37.0 Å². The van der Waals surface area contributed by atoms with Gasteiger partial charge < -0.3 is 19.1 Å². The largest absolute Gasteiger partial charge is 0.368 e. The van der Waals surface area contributed by atoms with Crippen LogP contribution < -0.4 is 5.32 Å². The molecule has 1 amide bonds. The molecule has 5 unspecified atom stereocenters. The summed E-state index contributed by atoms with van der Waals surface area (Å²) in [6, 6.07) is 0. The molecule has 0 aromatic heterocycles. The number of carbonyl (C=O) groups excluding carboxylic acids is 1. The second kappa shape index (κ2) is 9.24. The second-order valence-corrected chi connectivity index (χ2v) is 9.33. The quantitative estimate of drug-likeness (QED) is 0.757. The van der Waals surface area contributed by atoms with Crippen LogP contribution in [0.1, 0.15) is 51.4 Å². The standard InChI is InChI=1S/C19H32N2O4S/c22-19(12-23-14-6-7-16-17(10-14)25-13-24-16)21(11-15-4-3-9-26-15)18-5-1-2-8-20-18/h14-18,20H,1-13H2. The lowest BCUT2D eigenvalue weighted by molar-refractivity contribution is -0.143. The Balaban J connectivity index is 1.29. The molecule has 0 aromatic rings. The number of amides is 1. The van der Waals surface area contributed by atoms with Crippen molar-refractivity contribution in [1.82, 2.24) is 10.2 Å². The molecule has 148 valence electrons. The predicted octanol–water partition coefficient (Wildman–Crippen LogP) is 2.12. The van der Waals surface area contributed by atoms with Crippen molar-refractivity contribution >= 4 is 17.7 Å². The number of nitrogens with zero attached hydrogens (tertiary/aromatic N) is 1. The van der Waals surface area contributed by atoms with Gasteiger partial charge in [0.2, 0.25) is 5.91 Å². The van der Waals surface area contributed by atoms with Crippen LogP contribution in [0, 0.1) is 0 Å². The van der Waals surface area contributed by atoms with Gasteiger partial charge in [-0.3, -0.25) is 10.1 Å². The highest BCUT2D eigenvalue weighted by Gasteiger charge is 2.37. The van der Waals surface area contributed by atoms with Crippen LogP contribution in [0.25, 0.3) is 0 Å². The Morgan fingerprint density at radius 2 is 2.04 bits per heavy atom. The average molecular weight is 385 g/mol. The highest BCUT2D eigenvalue weighted by atomic mass is 32.2. The fourth-order valence-electron chi connectivity index (χ4n) is 4.58. The van der Waals surface area contributed by atoms with Gasteiger partial charge in [-0.25, -0.2) is 0 Å². The molecular formula is C19H32N2O4S. The van der Waals surface area contributed by atoms with Gasteiger partial charge in [0.1, 0.15) is 13.4 Å². The molecule has 3 aliphatic heterocycles. The van der Waals surface area contributed by atoms with Crippen LogP contribution >= 0.6 is 11.8 Å². The summed E-state index contributed by atoms with van der Waals surface area (Å²) in [5.74, 6) is 1.37. The van der Waals surface area contributed by atoms with Gasteiger partial charge in [-0.2, -0.15) is 11.8 Å². The Kier molecular flexibility index (Phi) is 6.75. The number of ether oxygens (including phenoxy) is 3. The molecule has 1 N–H and O–H groups in total. The molecule has 7 heteroatoms. The highest BCUT2D eigenvalue weighted by molar-refractivity contribution is 8.00. The maximum Gasteiger partial charge on any atom is 0.249 e. The van der Waals surface area contributed by atoms with Crippen molar-refractivity contribution in [2.45, 2.75) is 81.1 Å². The Labute approximate surface area is 160 Å². The van der Waals surface area contributed by atoms with Crippen LogP contribution in [-0.4, -0.2) is 72.8 Å². The lowest BCUT2D eigenvalue weighted by atomic mass is 9.92. The van der Waals surface area contributed by atoms with Crippen molar-refractivity contribution in [3.05, 3.63) is 0 Å². The van der Waals surface area contributed by atoms with Gasteiger partial charge in [-0.05, 0) is 57.2 Å². The molecular weight excluding hydrogens is 352 g/mol. The molecule has 1 saturated carbocycles. The number of thioether (sulfide) groups is 1. The minimum atomic E-state index is 0.115. The average Bonchev–Trinajstić information content (AvgIpc) is 3.36. The summed E-state index contributed by atoms with van der Waals surface area (Å²) in [5.41, 5.74) is 0. The smallest absolute Gasteiger partial charge is 0.249 e. The molecule has 0 bridgehead atoms. The van der Waals surface area contributed by atoms with E-state index >= 15 is 0 Å². The van der Waals surface area contributed by atoms with Crippen molar-refractivity contribution in [2.24, 2.45) is 0 Å². The fraction of sp³-hybridized carbons (Fsp3) is 0.947. The molecule has 5 atom stereocenters. The summed E-state index contributed by atoms with van der Waals surface area (Å²) in [6.07, 6.45) is 9.41. The fourth-order valence-corrected chi connectivity index (χ4v) is 5.84. The molecule has 0 spiro atoms. The van der Waals surface area contributed by atoms with Crippen LogP contribution in [0.2, 0.25) is 0 Å². The first-order chi connectivity index (χ1) is 12.8. The van der Waals surface area contributed by atoms with E-state index in [2.05, 4.69) is 10.2 Å². The molecule has 4 aliphatic rings. The number of piperidine rings is 1. The van der Waals surface area contributed by atoms with Gasteiger partial charge in [-0.1, -0.05) is 0 Å². The number of rotatable bonds is 6. The first-order valence-electron chi connectivity index (χ1n) is 10.3. The zero-order valence-corrected chi connectivity index (χ0v) is 16.4. The number of fused-ring (bicyclic) bond motifs is 1. The Bertz CT molecular complexity index is 468. The molecule has 3 heterocycles. The van der Waals surface area contributed by atoms with Gasteiger partial charge >= 0.3 is 0 Å². The minimum absolute atomic E-state index is 0.115. The summed E-state index contributed by atoms with van der Waals surface area (Å²) >= 11 is 2.02. The minimum Gasteiger partial charge on any atom is -0.368 e. The Hall–Kier alpha value is -0.340. The van der Waals surface area contributed by atoms with Gasteiger partial charge in [0.25, 0.3) is 0 Å². The van der Waals surface area contributed by atoms with Crippen LogP contribution in [0.5, 0.6) is 0 Å². The number of hydrogen-bond acceptors (Lipinski definition) is 6. The third-order valence-corrected chi connectivity index (χ3v) is 7.48. The van der Waals surface area contributed by atoms with Crippen molar-refractivity contribution in [1.29, 1.82) is 0 Å². The van der Waals surface area contributed by atoms with Crippen LogP contribution in [0.4, 0.5) is 0 Å². The van der Waals surface area contributed by atoms with Crippen molar-refractivity contribution in [3.8, 4) is 0 Å². The third kappa shape index (κ3) is 4.73.